The Hall–Kier alpha value is -1.88. The molecule has 5 heteroatoms. The second-order valence-electron chi connectivity index (χ2n) is 8.76. The molecule has 0 aromatic heterocycles. The van der Waals surface area contributed by atoms with Crippen LogP contribution in [0.15, 0.2) is 18.2 Å². The lowest BCUT2D eigenvalue weighted by atomic mass is 9.92. The van der Waals surface area contributed by atoms with Crippen molar-refractivity contribution in [3.63, 3.8) is 0 Å². The van der Waals surface area contributed by atoms with E-state index in [0.717, 1.165) is 38.4 Å². The molecule has 154 valence electrons. The minimum Gasteiger partial charge on any atom is -0.340 e. The molecule has 0 radical (unpaired) electrons. The van der Waals surface area contributed by atoms with Crippen molar-refractivity contribution in [2.24, 2.45) is 5.92 Å². The van der Waals surface area contributed by atoms with Crippen LogP contribution in [0.25, 0.3) is 0 Å². The van der Waals surface area contributed by atoms with Gasteiger partial charge in [0.05, 0.1) is 11.6 Å². The van der Waals surface area contributed by atoms with Crippen LogP contribution in [0, 0.1) is 5.92 Å². The fourth-order valence-corrected chi connectivity index (χ4v) is 4.46. The van der Waals surface area contributed by atoms with Crippen molar-refractivity contribution in [1.82, 2.24) is 9.80 Å². The quantitative estimate of drug-likeness (QED) is 0.780. The van der Waals surface area contributed by atoms with Gasteiger partial charge in [0.2, 0.25) is 11.8 Å². The largest absolute Gasteiger partial charge is 0.340 e. The molecule has 1 unspecified atom stereocenters. The van der Waals surface area contributed by atoms with E-state index in [1.807, 2.05) is 9.80 Å². The number of para-hydroxylation sites is 1. The first kappa shape index (κ1) is 20.8. The van der Waals surface area contributed by atoms with E-state index in [-0.39, 0.29) is 17.7 Å². The number of hydrogen-bond acceptors (Lipinski definition) is 3. The van der Waals surface area contributed by atoms with Gasteiger partial charge in [-0.05, 0) is 29.5 Å². The third-order valence-electron chi connectivity index (χ3n) is 6.22. The van der Waals surface area contributed by atoms with Gasteiger partial charge in [-0.1, -0.05) is 52.8 Å². The zero-order chi connectivity index (χ0) is 20.4. The summed E-state index contributed by atoms with van der Waals surface area (Å²) < 4.78 is 0. The molecule has 0 bridgehead atoms. The molecule has 28 heavy (non-hydrogen) atoms. The van der Waals surface area contributed by atoms with Gasteiger partial charge in [0.15, 0.2) is 0 Å². The fraction of sp³-hybridized carbons (Fsp3) is 0.652. The lowest BCUT2D eigenvalue weighted by molar-refractivity contribution is -0.137. The average Bonchev–Trinajstić information content (AvgIpc) is 3.08. The Bertz CT molecular complexity index is 694. The standard InChI is InChI=1S/C23H35N3O2/c1-6-24-10-12-25(13-11-24)23(28)18-14-21(27)26(15-18)22-19(16(2)3)8-7-9-20(22)17(4)5/h7-9,16-18H,6,10-15H2,1-5H3. The highest BCUT2D eigenvalue weighted by molar-refractivity contribution is 6.01. The van der Waals surface area contributed by atoms with E-state index >= 15 is 0 Å². The molecule has 2 fully saturated rings. The van der Waals surface area contributed by atoms with Crippen molar-refractivity contribution in [2.45, 2.75) is 52.9 Å². The molecule has 0 saturated carbocycles. The van der Waals surface area contributed by atoms with E-state index in [4.69, 9.17) is 0 Å². The van der Waals surface area contributed by atoms with E-state index in [9.17, 15) is 9.59 Å². The zero-order valence-corrected chi connectivity index (χ0v) is 18.1. The summed E-state index contributed by atoms with van der Waals surface area (Å²) in [5.74, 6) is 0.679. The normalized spacial score (nSPS) is 21.2. The molecule has 0 spiro atoms. The monoisotopic (exact) mass is 385 g/mol. The maximum atomic E-state index is 13.1. The minimum absolute atomic E-state index is 0.0838. The molecular weight excluding hydrogens is 350 g/mol. The van der Waals surface area contributed by atoms with Gasteiger partial charge in [-0.2, -0.15) is 0 Å². The first-order chi connectivity index (χ1) is 13.3. The third-order valence-corrected chi connectivity index (χ3v) is 6.22. The first-order valence-electron chi connectivity index (χ1n) is 10.8. The lowest BCUT2D eigenvalue weighted by Gasteiger charge is -2.35. The van der Waals surface area contributed by atoms with Crippen LogP contribution < -0.4 is 4.90 Å². The number of hydrogen-bond donors (Lipinski definition) is 0. The van der Waals surface area contributed by atoms with E-state index in [0.29, 0.717) is 24.8 Å². The Kier molecular flexibility index (Phi) is 6.43. The highest BCUT2D eigenvalue weighted by Crippen LogP contribution is 2.38. The molecule has 2 heterocycles. The molecule has 0 N–H and O–H groups in total. The lowest BCUT2D eigenvalue weighted by Crippen LogP contribution is -2.50. The molecule has 0 aliphatic carbocycles. The number of benzene rings is 1. The predicted molar refractivity (Wildman–Crippen MR) is 114 cm³/mol. The Morgan fingerprint density at radius 3 is 2.11 bits per heavy atom. The van der Waals surface area contributed by atoms with Gasteiger partial charge >= 0.3 is 0 Å². The van der Waals surface area contributed by atoms with Crippen molar-refractivity contribution in [3.8, 4) is 0 Å². The molecule has 1 aromatic carbocycles. The van der Waals surface area contributed by atoms with E-state index in [1.54, 1.807) is 0 Å². The molecule has 5 nitrogen and oxygen atoms in total. The van der Waals surface area contributed by atoms with Gasteiger partial charge in [0, 0.05) is 39.1 Å². The minimum atomic E-state index is -0.221. The molecule has 1 atom stereocenters. The SMILES string of the molecule is CCN1CCN(C(=O)C2CC(=O)N(c3c(C(C)C)cccc3C(C)C)C2)CC1. The van der Waals surface area contributed by atoms with Crippen molar-refractivity contribution < 1.29 is 9.59 Å². The number of likely N-dealkylation sites (N-methyl/N-ethyl adjacent to an activating group) is 1. The van der Waals surface area contributed by atoms with Crippen LogP contribution in [0.2, 0.25) is 0 Å². The number of carbonyl (C=O) groups is 2. The third kappa shape index (κ3) is 4.09. The second-order valence-corrected chi connectivity index (χ2v) is 8.76. The van der Waals surface area contributed by atoms with E-state index < -0.39 is 0 Å². The van der Waals surface area contributed by atoms with Crippen LogP contribution in [0.1, 0.15) is 64.0 Å². The van der Waals surface area contributed by atoms with E-state index in [1.165, 1.54) is 11.1 Å². The molecule has 3 rings (SSSR count). The zero-order valence-electron chi connectivity index (χ0n) is 18.1. The fourth-order valence-electron chi connectivity index (χ4n) is 4.46. The molecule has 1 aromatic rings. The topological polar surface area (TPSA) is 43.9 Å². The Labute approximate surface area is 169 Å². The van der Waals surface area contributed by atoms with Crippen molar-refractivity contribution in [3.05, 3.63) is 29.3 Å². The summed E-state index contributed by atoms with van der Waals surface area (Å²) in [5, 5.41) is 0. The first-order valence-corrected chi connectivity index (χ1v) is 10.8. The maximum Gasteiger partial charge on any atom is 0.228 e. The Balaban J connectivity index is 1.81. The van der Waals surface area contributed by atoms with Crippen LogP contribution in [-0.2, 0) is 9.59 Å². The average molecular weight is 386 g/mol. The van der Waals surface area contributed by atoms with Gasteiger partial charge in [0.25, 0.3) is 0 Å². The molecule has 2 aliphatic rings. The van der Waals surface area contributed by atoms with E-state index in [2.05, 4.69) is 57.7 Å². The number of rotatable bonds is 5. The smallest absolute Gasteiger partial charge is 0.228 e. The highest BCUT2D eigenvalue weighted by atomic mass is 16.2. The van der Waals surface area contributed by atoms with Crippen molar-refractivity contribution >= 4 is 17.5 Å². The van der Waals surface area contributed by atoms with Crippen molar-refractivity contribution in [2.75, 3.05) is 44.2 Å². The highest BCUT2D eigenvalue weighted by Gasteiger charge is 2.39. The molecule has 2 amide bonds. The van der Waals surface area contributed by atoms with Crippen LogP contribution in [-0.4, -0.2) is 60.9 Å². The Morgan fingerprint density at radius 2 is 1.61 bits per heavy atom. The number of anilines is 1. The number of carbonyl (C=O) groups excluding carboxylic acids is 2. The van der Waals surface area contributed by atoms with Crippen molar-refractivity contribution in [1.29, 1.82) is 0 Å². The van der Waals surface area contributed by atoms with Gasteiger partial charge < -0.3 is 14.7 Å². The van der Waals surface area contributed by atoms with Crippen LogP contribution in [0.4, 0.5) is 5.69 Å². The molecule has 2 aliphatic heterocycles. The molecular formula is C23H35N3O2. The van der Waals surface area contributed by atoms with Gasteiger partial charge in [-0.25, -0.2) is 0 Å². The second kappa shape index (κ2) is 8.64. The number of nitrogens with zero attached hydrogens (tertiary/aromatic N) is 3. The summed E-state index contributed by atoms with van der Waals surface area (Å²) in [6, 6.07) is 6.33. The summed E-state index contributed by atoms with van der Waals surface area (Å²) in [4.78, 5) is 32.3. The van der Waals surface area contributed by atoms with Gasteiger partial charge in [0.1, 0.15) is 0 Å². The predicted octanol–water partition coefficient (Wildman–Crippen LogP) is 3.45. The maximum absolute atomic E-state index is 13.1. The summed E-state index contributed by atoms with van der Waals surface area (Å²) in [6.07, 6.45) is 0.330. The summed E-state index contributed by atoms with van der Waals surface area (Å²) in [5.41, 5.74) is 3.44. The van der Waals surface area contributed by atoms with Gasteiger partial charge in [-0.15, -0.1) is 0 Å². The van der Waals surface area contributed by atoms with Crippen LogP contribution in [0.3, 0.4) is 0 Å². The summed E-state index contributed by atoms with van der Waals surface area (Å²) >= 11 is 0. The number of piperazine rings is 1. The summed E-state index contributed by atoms with van der Waals surface area (Å²) in [7, 11) is 0. The molecule has 2 saturated heterocycles. The summed E-state index contributed by atoms with van der Waals surface area (Å²) in [6.45, 7) is 15.8. The Morgan fingerprint density at radius 1 is 1.04 bits per heavy atom. The number of amides is 2. The van der Waals surface area contributed by atoms with Crippen LogP contribution >= 0.6 is 0 Å². The van der Waals surface area contributed by atoms with Crippen LogP contribution in [0.5, 0.6) is 0 Å². The van der Waals surface area contributed by atoms with Gasteiger partial charge in [-0.3, -0.25) is 9.59 Å².